The molecule has 1 aromatic rings. The topological polar surface area (TPSA) is 83.6 Å². The van der Waals surface area contributed by atoms with Crippen LogP contribution < -0.4 is 5.73 Å². The van der Waals surface area contributed by atoms with Crippen LogP contribution in [-0.4, -0.2) is 41.1 Å². The number of hydrogen-bond donors (Lipinski definition) is 2. The molecule has 9 heteroatoms. The number of carboxylic acids is 1. The Kier molecular flexibility index (Phi) is 3.98. The Balaban J connectivity index is 2.18. The molecule has 0 bridgehead atoms. The molecule has 2 atom stereocenters. The van der Waals surface area contributed by atoms with Gasteiger partial charge in [-0.05, 0) is 17.9 Å². The van der Waals surface area contributed by atoms with Gasteiger partial charge in [0.2, 0.25) is 5.91 Å². The number of carbonyl (C=O) groups excluding carboxylic acids is 1. The first-order chi connectivity index (χ1) is 9.69. The van der Waals surface area contributed by atoms with E-state index in [0.717, 1.165) is 4.90 Å². The summed E-state index contributed by atoms with van der Waals surface area (Å²) < 4.78 is 39.1. The van der Waals surface area contributed by atoms with Gasteiger partial charge in [-0.3, -0.25) is 9.59 Å². The first-order valence-corrected chi connectivity index (χ1v) is 6.95. The Labute approximate surface area is 122 Å². The highest BCUT2D eigenvalue weighted by molar-refractivity contribution is 7.10. The first-order valence-electron chi connectivity index (χ1n) is 6.07. The van der Waals surface area contributed by atoms with Crippen LogP contribution in [0.25, 0.3) is 0 Å². The number of hydrogen-bond acceptors (Lipinski definition) is 4. The molecule has 2 rings (SSSR count). The molecule has 0 aromatic carbocycles. The fraction of sp³-hybridized carbons (Fsp3) is 0.500. The van der Waals surface area contributed by atoms with E-state index in [1.54, 1.807) is 17.5 Å². The fourth-order valence-corrected chi connectivity index (χ4v) is 3.03. The summed E-state index contributed by atoms with van der Waals surface area (Å²) in [7, 11) is 0. The highest BCUT2D eigenvalue weighted by atomic mass is 32.1. The zero-order valence-corrected chi connectivity index (χ0v) is 11.6. The Bertz CT molecular complexity index is 546. The molecule has 0 radical (unpaired) electrons. The molecule has 1 fully saturated rings. The summed E-state index contributed by atoms with van der Waals surface area (Å²) in [5.41, 5.74) is 2.82. The molecule has 5 nitrogen and oxygen atoms in total. The average Bonchev–Trinajstić information content (AvgIpc) is 3.05. The van der Waals surface area contributed by atoms with Gasteiger partial charge in [-0.15, -0.1) is 11.3 Å². The van der Waals surface area contributed by atoms with E-state index in [1.165, 1.54) is 11.3 Å². The van der Waals surface area contributed by atoms with Crippen LogP contribution in [0.15, 0.2) is 17.5 Å². The van der Waals surface area contributed by atoms with Crippen molar-refractivity contribution in [2.24, 2.45) is 11.1 Å². The van der Waals surface area contributed by atoms with Crippen molar-refractivity contribution in [3.8, 4) is 0 Å². The predicted molar refractivity (Wildman–Crippen MR) is 68.6 cm³/mol. The minimum Gasteiger partial charge on any atom is -0.481 e. The molecule has 2 unspecified atom stereocenters. The Morgan fingerprint density at radius 2 is 2.14 bits per heavy atom. The van der Waals surface area contributed by atoms with Crippen LogP contribution >= 0.6 is 11.3 Å². The van der Waals surface area contributed by atoms with Gasteiger partial charge < -0.3 is 15.7 Å². The third-order valence-corrected chi connectivity index (χ3v) is 4.60. The van der Waals surface area contributed by atoms with Gasteiger partial charge in [0.15, 0.2) is 5.41 Å². The van der Waals surface area contributed by atoms with E-state index in [-0.39, 0.29) is 6.54 Å². The highest BCUT2D eigenvalue weighted by Crippen LogP contribution is 2.46. The summed E-state index contributed by atoms with van der Waals surface area (Å²) in [6.07, 6.45) is -5.57. The minimum atomic E-state index is -4.92. The Hall–Kier alpha value is -1.61. The monoisotopic (exact) mass is 322 g/mol. The van der Waals surface area contributed by atoms with Crippen LogP contribution in [-0.2, 0) is 9.59 Å². The van der Waals surface area contributed by atoms with Gasteiger partial charge in [-0.1, -0.05) is 6.07 Å². The van der Waals surface area contributed by atoms with Crippen LogP contribution in [0.5, 0.6) is 0 Å². The second-order valence-corrected chi connectivity index (χ2v) is 5.87. The summed E-state index contributed by atoms with van der Waals surface area (Å²) in [6, 6.07) is 2.22. The van der Waals surface area contributed by atoms with E-state index in [0.29, 0.717) is 4.88 Å². The van der Waals surface area contributed by atoms with Crippen molar-refractivity contribution in [2.75, 3.05) is 13.1 Å². The number of rotatable bonds is 3. The van der Waals surface area contributed by atoms with Gasteiger partial charge in [0.1, 0.15) is 6.04 Å². The van der Waals surface area contributed by atoms with E-state index in [4.69, 9.17) is 10.8 Å². The molecule has 0 spiro atoms. The highest BCUT2D eigenvalue weighted by Gasteiger charge is 2.64. The number of halogens is 3. The maximum Gasteiger partial charge on any atom is 0.406 e. The SMILES string of the molecule is NC(C(=O)N1CCC(C(=O)O)(C(F)(F)F)C1)c1cccs1. The molecule has 0 saturated carbocycles. The van der Waals surface area contributed by atoms with Crippen molar-refractivity contribution in [2.45, 2.75) is 18.6 Å². The van der Waals surface area contributed by atoms with Crippen molar-refractivity contribution in [3.05, 3.63) is 22.4 Å². The van der Waals surface area contributed by atoms with Crippen LogP contribution in [0.4, 0.5) is 13.2 Å². The van der Waals surface area contributed by atoms with Crippen molar-refractivity contribution < 1.29 is 27.9 Å². The molecule has 1 saturated heterocycles. The lowest BCUT2D eigenvalue weighted by Crippen LogP contribution is -2.48. The summed E-state index contributed by atoms with van der Waals surface area (Å²) in [4.78, 5) is 24.6. The fourth-order valence-electron chi connectivity index (χ4n) is 2.31. The quantitative estimate of drug-likeness (QED) is 0.885. The number of amides is 1. The Morgan fingerprint density at radius 1 is 1.48 bits per heavy atom. The lowest BCUT2D eigenvalue weighted by Gasteiger charge is -2.27. The molecule has 3 N–H and O–H groups in total. The summed E-state index contributed by atoms with van der Waals surface area (Å²) in [6.45, 7) is -1.17. The maximum atomic E-state index is 13.0. The molecular formula is C12H13F3N2O3S. The van der Waals surface area contributed by atoms with E-state index in [1.807, 2.05) is 0 Å². The van der Waals surface area contributed by atoms with E-state index >= 15 is 0 Å². The molecular weight excluding hydrogens is 309 g/mol. The second-order valence-electron chi connectivity index (χ2n) is 4.89. The van der Waals surface area contributed by atoms with Gasteiger partial charge in [-0.2, -0.15) is 13.2 Å². The zero-order valence-electron chi connectivity index (χ0n) is 10.8. The van der Waals surface area contributed by atoms with Crippen molar-refractivity contribution in [1.29, 1.82) is 0 Å². The first kappa shape index (κ1) is 15.8. The van der Waals surface area contributed by atoms with Gasteiger partial charge in [0, 0.05) is 18.0 Å². The number of alkyl halides is 3. The molecule has 116 valence electrons. The maximum absolute atomic E-state index is 13.0. The normalized spacial score (nSPS) is 24.1. The standard InChI is InChI=1S/C12H13F3N2O3S/c13-12(14,15)11(10(19)20)3-4-17(6-11)9(18)8(16)7-2-1-5-21-7/h1-2,5,8H,3-4,6,16H2,(H,19,20). The van der Waals surface area contributed by atoms with E-state index in [9.17, 15) is 22.8 Å². The largest absolute Gasteiger partial charge is 0.481 e. The van der Waals surface area contributed by atoms with Crippen molar-refractivity contribution >= 4 is 23.2 Å². The summed E-state index contributed by atoms with van der Waals surface area (Å²) in [5, 5.41) is 10.6. The van der Waals surface area contributed by atoms with Crippen molar-refractivity contribution in [3.63, 3.8) is 0 Å². The Morgan fingerprint density at radius 3 is 2.57 bits per heavy atom. The average molecular weight is 322 g/mol. The van der Waals surface area contributed by atoms with Gasteiger partial charge in [0.25, 0.3) is 0 Å². The number of aliphatic carboxylic acids is 1. The minimum absolute atomic E-state index is 0.274. The molecule has 0 aliphatic carbocycles. The van der Waals surface area contributed by atoms with Crippen LogP contribution in [0, 0.1) is 5.41 Å². The van der Waals surface area contributed by atoms with Gasteiger partial charge in [0.05, 0.1) is 0 Å². The summed E-state index contributed by atoms with van der Waals surface area (Å²) in [5.74, 6) is -2.65. The lowest BCUT2D eigenvalue weighted by molar-refractivity contribution is -0.227. The third-order valence-electron chi connectivity index (χ3n) is 3.65. The molecule has 1 amide bonds. The number of nitrogens with two attached hydrogens (primary N) is 1. The van der Waals surface area contributed by atoms with E-state index in [2.05, 4.69) is 0 Å². The van der Waals surface area contributed by atoms with Crippen LogP contribution in [0.2, 0.25) is 0 Å². The number of carbonyl (C=O) groups is 2. The number of carboxylic acid groups (broad SMARTS) is 1. The van der Waals surface area contributed by atoms with Crippen LogP contribution in [0.1, 0.15) is 17.3 Å². The lowest BCUT2D eigenvalue weighted by atomic mass is 9.86. The van der Waals surface area contributed by atoms with Gasteiger partial charge >= 0.3 is 12.1 Å². The summed E-state index contributed by atoms with van der Waals surface area (Å²) >= 11 is 1.22. The van der Waals surface area contributed by atoms with Crippen LogP contribution in [0.3, 0.4) is 0 Å². The molecule has 1 aliphatic rings. The molecule has 21 heavy (non-hydrogen) atoms. The molecule has 1 aromatic heterocycles. The number of nitrogens with zero attached hydrogens (tertiary/aromatic N) is 1. The van der Waals surface area contributed by atoms with E-state index < -0.39 is 42.5 Å². The van der Waals surface area contributed by atoms with Crippen molar-refractivity contribution in [1.82, 2.24) is 4.90 Å². The second kappa shape index (κ2) is 5.30. The smallest absolute Gasteiger partial charge is 0.406 e. The predicted octanol–water partition coefficient (Wildman–Crippen LogP) is 1.61. The third kappa shape index (κ3) is 2.62. The van der Waals surface area contributed by atoms with Gasteiger partial charge in [-0.25, -0.2) is 0 Å². The number of likely N-dealkylation sites (tertiary alicyclic amines) is 1. The number of thiophene rings is 1. The molecule has 1 aliphatic heterocycles. The zero-order chi connectivity index (χ0) is 15.8. The molecule has 2 heterocycles.